The van der Waals surface area contributed by atoms with Gasteiger partial charge in [-0.15, -0.1) is 0 Å². The van der Waals surface area contributed by atoms with Gasteiger partial charge in [0.1, 0.15) is 0 Å². The number of aliphatic hydroxyl groups is 1. The molecule has 0 saturated heterocycles. The zero-order valence-corrected chi connectivity index (χ0v) is 13.8. The summed E-state index contributed by atoms with van der Waals surface area (Å²) in [5, 5.41) is 10.9. The lowest BCUT2D eigenvalue weighted by Crippen LogP contribution is -2.12. The Kier molecular flexibility index (Phi) is 5.64. The molecule has 3 heteroatoms. The molecule has 0 aliphatic carbocycles. The van der Waals surface area contributed by atoms with Gasteiger partial charge in [0.25, 0.3) is 0 Å². The molecule has 106 valence electrons. The first-order valence-corrected chi connectivity index (χ1v) is 7.89. The van der Waals surface area contributed by atoms with Crippen LogP contribution in [-0.2, 0) is 12.8 Å². The average molecular weight is 354 g/mol. The molecule has 20 heavy (non-hydrogen) atoms. The van der Waals surface area contributed by atoms with Crippen molar-refractivity contribution in [3.8, 4) is 0 Å². The molecule has 0 aromatic heterocycles. The zero-order chi connectivity index (χ0) is 14.5. The molecule has 0 aliphatic rings. The number of halogens is 2. The molecule has 0 amide bonds. The van der Waals surface area contributed by atoms with Gasteiger partial charge in [0.05, 0.1) is 6.10 Å². The first kappa shape index (κ1) is 15.6. The number of rotatable bonds is 5. The van der Waals surface area contributed by atoms with Gasteiger partial charge in [-0.1, -0.05) is 63.4 Å². The highest BCUT2D eigenvalue weighted by atomic mass is 79.9. The van der Waals surface area contributed by atoms with Crippen LogP contribution in [0.25, 0.3) is 0 Å². The fourth-order valence-corrected chi connectivity index (χ4v) is 2.99. The van der Waals surface area contributed by atoms with Crippen molar-refractivity contribution in [2.75, 3.05) is 0 Å². The fraction of sp³-hybridized carbons (Fsp3) is 0.294. The van der Waals surface area contributed by atoms with Crippen molar-refractivity contribution in [2.24, 2.45) is 0 Å². The summed E-state index contributed by atoms with van der Waals surface area (Å²) in [5.41, 5.74) is 3.52. The Bertz CT molecular complexity index is 583. The Morgan fingerprint density at radius 2 is 2.00 bits per heavy atom. The van der Waals surface area contributed by atoms with E-state index in [0.717, 1.165) is 22.9 Å². The van der Waals surface area contributed by atoms with Crippen molar-refractivity contribution in [3.05, 3.63) is 68.7 Å². The fourth-order valence-electron chi connectivity index (χ4n) is 2.24. The summed E-state index contributed by atoms with van der Waals surface area (Å²) in [5.74, 6) is 0. The summed E-state index contributed by atoms with van der Waals surface area (Å²) in [7, 11) is 0. The molecule has 0 spiro atoms. The van der Waals surface area contributed by atoms with Crippen LogP contribution in [0.5, 0.6) is 0 Å². The van der Waals surface area contributed by atoms with Crippen LogP contribution in [0.1, 0.15) is 23.1 Å². The molecule has 0 saturated carbocycles. The minimum atomic E-state index is -0.366. The lowest BCUT2D eigenvalue weighted by molar-refractivity contribution is 0.165. The van der Waals surface area contributed by atoms with Crippen molar-refractivity contribution >= 4 is 27.5 Å². The van der Waals surface area contributed by atoms with Gasteiger partial charge in [-0.3, -0.25) is 0 Å². The highest BCUT2D eigenvalue weighted by Gasteiger charge is 2.09. The van der Waals surface area contributed by atoms with Crippen LogP contribution in [-0.4, -0.2) is 11.2 Å². The van der Waals surface area contributed by atoms with Crippen LogP contribution in [0, 0.1) is 6.92 Å². The van der Waals surface area contributed by atoms with Crippen molar-refractivity contribution in [2.45, 2.75) is 32.3 Å². The summed E-state index contributed by atoms with van der Waals surface area (Å²) in [6.07, 6.45) is 1.86. The van der Waals surface area contributed by atoms with Gasteiger partial charge < -0.3 is 5.11 Å². The maximum Gasteiger partial charge on any atom is 0.0584 e. The maximum atomic E-state index is 10.2. The summed E-state index contributed by atoms with van der Waals surface area (Å²) in [6.45, 7) is 2.08. The predicted molar refractivity (Wildman–Crippen MR) is 88.4 cm³/mol. The third kappa shape index (κ3) is 4.62. The van der Waals surface area contributed by atoms with Crippen LogP contribution in [0.2, 0.25) is 5.02 Å². The van der Waals surface area contributed by atoms with E-state index in [9.17, 15) is 5.11 Å². The first-order chi connectivity index (χ1) is 9.54. The number of aryl methyl sites for hydroxylation is 2. The van der Waals surface area contributed by atoms with Gasteiger partial charge in [0.2, 0.25) is 0 Å². The Labute approximate surface area is 133 Å². The van der Waals surface area contributed by atoms with E-state index in [1.54, 1.807) is 0 Å². The Hall–Kier alpha value is -0.830. The van der Waals surface area contributed by atoms with Gasteiger partial charge >= 0.3 is 0 Å². The number of hydrogen-bond acceptors (Lipinski definition) is 1. The van der Waals surface area contributed by atoms with Crippen molar-refractivity contribution in [1.82, 2.24) is 0 Å². The number of benzene rings is 2. The van der Waals surface area contributed by atoms with E-state index in [2.05, 4.69) is 47.1 Å². The molecule has 0 bridgehead atoms. The van der Waals surface area contributed by atoms with Crippen LogP contribution >= 0.6 is 27.5 Å². The minimum absolute atomic E-state index is 0.366. The number of aliphatic hydroxyl groups excluding tert-OH is 1. The molecule has 0 fully saturated rings. The molecular formula is C17H18BrClO. The second-order valence-corrected chi connectivity index (χ2v) is 6.44. The highest BCUT2D eigenvalue weighted by molar-refractivity contribution is 9.10. The van der Waals surface area contributed by atoms with Gasteiger partial charge in [0.15, 0.2) is 0 Å². The Balaban J connectivity index is 1.90. The molecule has 1 atom stereocenters. The lowest BCUT2D eigenvalue weighted by Gasteiger charge is -2.12. The van der Waals surface area contributed by atoms with Crippen molar-refractivity contribution in [1.29, 1.82) is 0 Å². The SMILES string of the molecule is Cc1cccc(CCC(O)Cc2ccc(Br)cc2Cl)c1. The quantitative estimate of drug-likeness (QED) is 0.806. The Morgan fingerprint density at radius 1 is 1.20 bits per heavy atom. The van der Waals surface area contributed by atoms with Crippen LogP contribution < -0.4 is 0 Å². The van der Waals surface area contributed by atoms with Gasteiger partial charge in [-0.2, -0.15) is 0 Å². The van der Waals surface area contributed by atoms with Gasteiger partial charge in [-0.25, -0.2) is 0 Å². The smallest absolute Gasteiger partial charge is 0.0584 e. The van der Waals surface area contributed by atoms with Crippen LogP contribution in [0.15, 0.2) is 46.9 Å². The highest BCUT2D eigenvalue weighted by Crippen LogP contribution is 2.23. The monoisotopic (exact) mass is 352 g/mol. The molecule has 2 aromatic carbocycles. The molecule has 0 heterocycles. The van der Waals surface area contributed by atoms with E-state index in [1.807, 2.05) is 18.2 Å². The third-order valence-electron chi connectivity index (χ3n) is 3.32. The van der Waals surface area contributed by atoms with E-state index in [0.29, 0.717) is 11.4 Å². The molecule has 1 nitrogen and oxygen atoms in total. The molecule has 2 aromatic rings. The standard InChI is InChI=1S/C17H18BrClO/c1-12-3-2-4-13(9-12)5-8-16(20)10-14-6-7-15(18)11-17(14)19/h2-4,6-7,9,11,16,20H,5,8,10H2,1H3. The van der Waals surface area contributed by atoms with Crippen molar-refractivity contribution in [3.63, 3.8) is 0 Å². The van der Waals surface area contributed by atoms with E-state index >= 15 is 0 Å². The van der Waals surface area contributed by atoms with E-state index < -0.39 is 0 Å². The largest absolute Gasteiger partial charge is 0.393 e. The predicted octanol–water partition coefficient (Wildman–Crippen LogP) is 4.95. The molecule has 2 rings (SSSR count). The number of hydrogen-bond donors (Lipinski definition) is 1. The van der Waals surface area contributed by atoms with Crippen molar-refractivity contribution < 1.29 is 5.11 Å². The van der Waals surface area contributed by atoms with Crippen LogP contribution in [0.3, 0.4) is 0 Å². The van der Waals surface area contributed by atoms with Gasteiger partial charge in [0, 0.05) is 9.50 Å². The summed E-state index contributed by atoms with van der Waals surface area (Å²) in [4.78, 5) is 0. The average Bonchev–Trinajstić information content (AvgIpc) is 2.40. The zero-order valence-electron chi connectivity index (χ0n) is 11.4. The topological polar surface area (TPSA) is 20.2 Å². The molecular weight excluding hydrogens is 336 g/mol. The summed E-state index contributed by atoms with van der Waals surface area (Å²) >= 11 is 9.55. The van der Waals surface area contributed by atoms with E-state index in [-0.39, 0.29) is 6.10 Å². The van der Waals surface area contributed by atoms with E-state index in [4.69, 9.17) is 11.6 Å². The minimum Gasteiger partial charge on any atom is -0.393 e. The third-order valence-corrected chi connectivity index (χ3v) is 4.16. The normalized spacial score (nSPS) is 12.4. The Morgan fingerprint density at radius 3 is 2.70 bits per heavy atom. The second kappa shape index (κ2) is 7.26. The molecule has 0 aliphatic heterocycles. The maximum absolute atomic E-state index is 10.2. The lowest BCUT2D eigenvalue weighted by atomic mass is 10.0. The molecule has 1 N–H and O–H groups in total. The summed E-state index contributed by atoms with van der Waals surface area (Å²) in [6, 6.07) is 14.2. The van der Waals surface area contributed by atoms with Gasteiger partial charge in [-0.05, 0) is 49.4 Å². The molecule has 1 unspecified atom stereocenters. The second-order valence-electron chi connectivity index (χ2n) is 5.12. The first-order valence-electron chi connectivity index (χ1n) is 6.72. The summed E-state index contributed by atoms with van der Waals surface area (Å²) < 4.78 is 0.959. The van der Waals surface area contributed by atoms with Crippen LogP contribution in [0.4, 0.5) is 0 Å². The molecule has 0 radical (unpaired) electrons. The van der Waals surface area contributed by atoms with E-state index in [1.165, 1.54) is 11.1 Å².